The monoisotopic (exact) mass is 336 g/mol. The van der Waals surface area contributed by atoms with Crippen LogP contribution in [0.3, 0.4) is 0 Å². The zero-order valence-electron chi connectivity index (χ0n) is 11.7. The summed E-state index contributed by atoms with van der Waals surface area (Å²) in [5.74, 6) is 1.14. The van der Waals surface area contributed by atoms with E-state index in [0.717, 1.165) is 22.2 Å². The lowest BCUT2D eigenvalue weighted by Crippen LogP contribution is -2.06. The maximum atomic E-state index is 13.9. The van der Waals surface area contributed by atoms with Gasteiger partial charge in [-0.3, -0.25) is 0 Å². The van der Waals surface area contributed by atoms with Crippen LogP contribution >= 0.6 is 15.9 Å². The van der Waals surface area contributed by atoms with Crippen LogP contribution in [0.25, 0.3) is 11.1 Å². The molecule has 0 spiro atoms. The minimum atomic E-state index is -0.229. The number of benzene rings is 2. The van der Waals surface area contributed by atoms with E-state index in [1.54, 1.807) is 6.07 Å². The largest absolute Gasteiger partial charge is 0.493 e. The van der Waals surface area contributed by atoms with Gasteiger partial charge in [-0.05, 0) is 35.7 Å². The molecule has 2 aromatic rings. The van der Waals surface area contributed by atoms with Crippen molar-refractivity contribution in [2.24, 2.45) is 5.92 Å². The fraction of sp³-hybridized carbons (Fsp3) is 0.294. The van der Waals surface area contributed by atoms with E-state index in [1.807, 2.05) is 30.3 Å². The first-order valence-electron chi connectivity index (χ1n) is 6.78. The molecule has 0 heterocycles. The minimum Gasteiger partial charge on any atom is -0.493 e. The van der Waals surface area contributed by atoms with Gasteiger partial charge in [-0.25, -0.2) is 4.39 Å². The second-order valence-electron chi connectivity index (χ2n) is 4.97. The molecule has 0 N–H and O–H groups in total. The van der Waals surface area contributed by atoms with Crippen molar-refractivity contribution in [3.8, 4) is 16.9 Å². The summed E-state index contributed by atoms with van der Waals surface area (Å²) in [7, 11) is 0. The average molecular weight is 337 g/mol. The molecule has 0 amide bonds. The van der Waals surface area contributed by atoms with Gasteiger partial charge in [0, 0.05) is 10.0 Å². The fourth-order valence-corrected chi connectivity index (χ4v) is 2.14. The number of rotatable bonds is 5. The van der Waals surface area contributed by atoms with Crippen molar-refractivity contribution >= 4 is 15.9 Å². The van der Waals surface area contributed by atoms with E-state index in [0.29, 0.717) is 18.1 Å². The number of hydrogen-bond donors (Lipinski definition) is 0. The Morgan fingerprint density at radius 3 is 2.45 bits per heavy atom. The van der Waals surface area contributed by atoms with Crippen LogP contribution in [0.15, 0.2) is 46.9 Å². The molecule has 0 aliphatic rings. The molecular formula is C17H18BrFO. The van der Waals surface area contributed by atoms with Gasteiger partial charge in [0.2, 0.25) is 0 Å². The third-order valence-electron chi connectivity index (χ3n) is 3.33. The molecule has 0 saturated carbocycles. The van der Waals surface area contributed by atoms with Crippen LogP contribution in [0.5, 0.6) is 5.75 Å². The standard InChI is InChI=1S/C17H18BrFO/c1-3-12(2)11-20-15-7-4-13(5-8-15)16-9-6-14(18)10-17(16)19/h4-10,12H,3,11H2,1-2H3. The Morgan fingerprint density at radius 2 is 1.85 bits per heavy atom. The third kappa shape index (κ3) is 3.83. The molecule has 3 heteroatoms. The predicted octanol–water partition coefficient (Wildman–Crippen LogP) is 5.68. The van der Waals surface area contributed by atoms with Gasteiger partial charge in [-0.2, -0.15) is 0 Å². The summed E-state index contributed by atoms with van der Waals surface area (Å²) in [5, 5.41) is 0. The number of ether oxygens (including phenoxy) is 1. The first-order valence-corrected chi connectivity index (χ1v) is 7.57. The van der Waals surface area contributed by atoms with E-state index in [2.05, 4.69) is 29.8 Å². The van der Waals surface area contributed by atoms with Gasteiger partial charge in [-0.15, -0.1) is 0 Å². The Morgan fingerprint density at radius 1 is 1.15 bits per heavy atom. The molecule has 2 rings (SSSR count). The maximum Gasteiger partial charge on any atom is 0.132 e. The zero-order valence-corrected chi connectivity index (χ0v) is 13.3. The normalized spacial score (nSPS) is 12.2. The lowest BCUT2D eigenvalue weighted by atomic mass is 10.1. The lowest BCUT2D eigenvalue weighted by molar-refractivity contribution is 0.256. The molecule has 0 saturated heterocycles. The van der Waals surface area contributed by atoms with Crippen LogP contribution in [0, 0.1) is 11.7 Å². The number of halogens is 2. The molecule has 0 aromatic heterocycles. The Hall–Kier alpha value is -1.35. The van der Waals surface area contributed by atoms with Crippen LogP contribution in [0.1, 0.15) is 20.3 Å². The van der Waals surface area contributed by atoms with E-state index < -0.39 is 0 Å². The summed E-state index contributed by atoms with van der Waals surface area (Å²) in [6.45, 7) is 5.02. The van der Waals surface area contributed by atoms with Gasteiger partial charge in [0.15, 0.2) is 0 Å². The van der Waals surface area contributed by atoms with Gasteiger partial charge < -0.3 is 4.74 Å². The Kier molecular flexibility index (Phi) is 5.18. The van der Waals surface area contributed by atoms with Crippen LogP contribution in [-0.2, 0) is 0 Å². The van der Waals surface area contributed by atoms with Gasteiger partial charge in [0.1, 0.15) is 11.6 Å². The predicted molar refractivity (Wildman–Crippen MR) is 84.5 cm³/mol. The number of hydrogen-bond acceptors (Lipinski definition) is 1. The maximum absolute atomic E-state index is 13.9. The summed E-state index contributed by atoms with van der Waals surface area (Å²) in [6.07, 6.45) is 1.10. The summed E-state index contributed by atoms with van der Waals surface area (Å²) in [6, 6.07) is 12.6. The highest BCUT2D eigenvalue weighted by atomic mass is 79.9. The summed E-state index contributed by atoms with van der Waals surface area (Å²) >= 11 is 3.26. The van der Waals surface area contributed by atoms with Crippen LogP contribution in [-0.4, -0.2) is 6.61 Å². The van der Waals surface area contributed by atoms with Crippen molar-refractivity contribution in [2.75, 3.05) is 6.61 Å². The lowest BCUT2D eigenvalue weighted by Gasteiger charge is -2.11. The molecule has 1 unspecified atom stereocenters. The van der Waals surface area contributed by atoms with E-state index in [9.17, 15) is 4.39 Å². The van der Waals surface area contributed by atoms with Crippen LogP contribution in [0.4, 0.5) is 4.39 Å². The summed E-state index contributed by atoms with van der Waals surface area (Å²) < 4.78 is 20.3. The second kappa shape index (κ2) is 6.89. The molecule has 1 atom stereocenters. The van der Waals surface area contributed by atoms with Gasteiger partial charge in [-0.1, -0.05) is 54.4 Å². The minimum absolute atomic E-state index is 0.229. The van der Waals surface area contributed by atoms with E-state index in [1.165, 1.54) is 6.07 Å². The highest BCUT2D eigenvalue weighted by Crippen LogP contribution is 2.27. The Labute approximate surface area is 127 Å². The fourth-order valence-electron chi connectivity index (χ4n) is 1.81. The Balaban J connectivity index is 2.11. The van der Waals surface area contributed by atoms with Crippen molar-refractivity contribution in [3.63, 3.8) is 0 Å². The third-order valence-corrected chi connectivity index (χ3v) is 3.82. The van der Waals surface area contributed by atoms with E-state index in [4.69, 9.17) is 4.74 Å². The molecule has 0 aliphatic carbocycles. The van der Waals surface area contributed by atoms with Crippen molar-refractivity contribution in [2.45, 2.75) is 20.3 Å². The molecule has 2 aromatic carbocycles. The SMILES string of the molecule is CCC(C)COc1ccc(-c2ccc(Br)cc2F)cc1. The van der Waals surface area contributed by atoms with E-state index >= 15 is 0 Å². The van der Waals surface area contributed by atoms with Crippen molar-refractivity contribution in [1.82, 2.24) is 0 Å². The molecular weight excluding hydrogens is 319 g/mol. The average Bonchev–Trinajstić information content (AvgIpc) is 2.45. The van der Waals surface area contributed by atoms with Crippen LogP contribution in [0.2, 0.25) is 0 Å². The van der Waals surface area contributed by atoms with Gasteiger partial charge >= 0.3 is 0 Å². The van der Waals surface area contributed by atoms with Gasteiger partial charge in [0.05, 0.1) is 6.61 Å². The highest BCUT2D eigenvalue weighted by Gasteiger charge is 2.06. The smallest absolute Gasteiger partial charge is 0.132 e. The molecule has 106 valence electrons. The second-order valence-corrected chi connectivity index (χ2v) is 5.89. The first kappa shape index (κ1) is 15.0. The molecule has 0 bridgehead atoms. The molecule has 20 heavy (non-hydrogen) atoms. The van der Waals surface area contributed by atoms with Crippen LogP contribution < -0.4 is 4.74 Å². The molecule has 1 nitrogen and oxygen atoms in total. The summed E-state index contributed by atoms with van der Waals surface area (Å²) in [4.78, 5) is 0. The molecule has 0 aliphatic heterocycles. The zero-order chi connectivity index (χ0) is 14.5. The molecule has 0 fully saturated rings. The van der Waals surface area contributed by atoms with Gasteiger partial charge in [0.25, 0.3) is 0 Å². The van der Waals surface area contributed by atoms with Crippen molar-refractivity contribution in [3.05, 3.63) is 52.8 Å². The van der Waals surface area contributed by atoms with E-state index in [-0.39, 0.29) is 5.82 Å². The Bertz CT molecular complexity index is 566. The highest BCUT2D eigenvalue weighted by molar-refractivity contribution is 9.10. The molecule has 0 radical (unpaired) electrons. The quantitative estimate of drug-likeness (QED) is 0.682. The van der Waals surface area contributed by atoms with Crippen molar-refractivity contribution < 1.29 is 9.13 Å². The van der Waals surface area contributed by atoms with Crippen molar-refractivity contribution in [1.29, 1.82) is 0 Å². The summed E-state index contributed by atoms with van der Waals surface area (Å²) in [5.41, 5.74) is 1.45. The first-order chi connectivity index (χ1) is 9.60. The topological polar surface area (TPSA) is 9.23 Å².